The summed E-state index contributed by atoms with van der Waals surface area (Å²) in [6.45, 7) is 7.82. The molecule has 0 radical (unpaired) electrons. The average Bonchev–Trinajstić information content (AvgIpc) is 2.17. The van der Waals surface area contributed by atoms with Crippen LogP contribution in [0.15, 0.2) is 0 Å². The third kappa shape index (κ3) is 3.19. The molecule has 96 valence electrons. The second kappa shape index (κ2) is 5.48. The number of nitrogens with two attached hydrogens (primary N) is 1. The van der Waals surface area contributed by atoms with Crippen LogP contribution in [0.1, 0.15) is 26.7 Å². The Morgan fingerprint density at radius 2 is 2.06 bits per heavy atom. The van der Waals surface area contributed by atoms with Crippen molar-refractivity contribution in [1.29, 1.82) is 0 Å². The predicted octanol–water partition coefficient (Wildman–Crippen LogP) is 1.24. The molecule has 0 aromatic rings. The molecule has 2 N–H and O–H groups in total. The van der Waals surface area contributed by atoms with Gasteiger partial charge in [-0.1, -0.05) is 13.8 Å². The first-order valence-corrected chi connectivity index (χ1v) is 6.43. The van der Waals surface area contributed by atoms with Crippen molar-refractivity contribution in [2.24, 2.45) is 17.1 Å². The maximum absolute atomic E-state index is 5.95. The Bertz CT molecular complexity index is 213. The first kappa shape index (κ1) is 13.9. The van der Waals surface area contributed by atoms with E-state index in [-0.39, 0.29) is 5.41 Å². The number of likely N-dealkylation sites (tertiary alicyclic amines) is 1. The highest BCUT2D eigenvalue weighted by Crippen LogP contribution is 2.33. The third-order valence-corrected chi connectivity index (χ3v) is 3.99. The molecule has 1 aliphatic heterocycles. The molecule has 0 bridgehead atoms. The fourth-order valence-electron chi connectivity index (χ4n) is 3.34. The molecule has 1 aliphatic rings. The monoisotopic (exact) mass is 227 g/mol. The van der Waals surface area contributed by atoms with E-state index in [1.165, 1.54) is 25.9 Å². The van der Waals surface area contributed by atoms with Crippen molar-refractivity contribution in [2.75, 3.05) is 40.8 Å². The summed E-state index contributed by atoms with van der Waals surface area (Å²) in [4.78, 5) is 4.83. The molecule has 3 heteroatoms. The van der Waals surface area contributed by atoms with Gasteiger partial charge in [0, 0.05) is 12.6 Å². The van der Waals surface area contributed by atoms with Crippen molar-refractivity contribution in [3.05, 3.63) is 0 Å². The summed E-state index contributed by atoms with van der Waals surface area (Å²) in [5.41, 5.74) is 6.15. The van der Waals surface area contributed by atoms with Gasteiger partial charge < -0.3 is 15.5 Å². The number of hydrogen-bond acceptors (Lipinski definition) is 3. The SMILES string of the molecule is CN1CCCC(C(N(C)C)C(C)(C)CN)C1. The number of rotatable bonds is 4. The second-order valence-electron chi connectivity index (χ2n) is 6.27. The molecule has 2 unspecified atom stereocenters. The van der Waals surface area contributed by atoms with Crippen molar-refractivity contribution in [3.63, 3.8) is 0 Å². The van der Waals surface area contributed by atoms with Gasteiger partial charge >= 0.3 is 0 Å². The van der Waals surface area contributed by atoms with Crippen molar-refractivity contribution >= 4 is 0 Å². The minimum Gasteiger partial charge on any atom is -0.330 e. The summed E-state index contributed by atoms with van der Waals surface area (Å²) in [6.07, 6.45) is 2.67. The van der Waals surface area contributed by atoms with Gasteiger partial charge in [-0.15, -0.1) is 0 Å². The summed E-state index contributed by atoms with van der Waals surface area (Å²) in [6, 6.07) is 0.584. The second-order valence-corrected chi connectivity index (χ2v) is 6.27. The van der Waals surface area contributed by atoms with E-state index in [0.29, 0.717) is 6.04 Å². The van der Waals surface area contributed by atoms with Crippen LogP contribution < -0.4 is 5.73 Å². The quantitative estimate of drug-likeness (QED) is 0.784. The van der Waals surface area contributed by atoms with Crippen LogP contribution in [0.3, 0.4) is 0 Å². The largest absolute Gasteiger partial charge is 0.330 e. The smallest absolute Gasteiger partial charge is 0.0193 e. The zero-order valence-corrected chi connectivity index (χ0v) is 11.7. The van der Waals surface area contributed by atoms with Crippen LogP contribution in [0, 0.1) is 11.3 Å². The molecule has 1 saturated heterocycles. The van der Waals surface area contributed by atoms with E-state index in [9.17, 15) is 0 Å². The summed E-state index contributed by atoms with van der Waals surface area (Å²) >= 11 is 0. The van der Waals surface area contributed by atoms with E-state index >= 15 is 0 Å². The Balaban J connectivity index is 2.77. The van der Waals surface area contributed by atoms with Gasteiger partial charge in [0.2, 0.25) is 0 Å². The minimum atomic E-state index is 0.201. The van der Waals surface area contributed by atoms with Crippen LogP contribution in [0.2, 0.25) is 0 Å². The van der Waals surface area contributed by atoms with Crippen LogP contribution in [0.5, 0.6) is 0 Å². The maximum atomic E-state index is 5.95. The zero-order chi connectivity index (χ0) is 12.3. The molecule has 1 heterocycles. The molecule has 0 saturated carbocycles. The normalized spacial score (nSPS) is 26.1. The molecule has 16 heavy (non-hydrogen) atoms. The molecule has 0 spiro atoms. The fourth-order valence-corrected chi connectivity index (χ4v) is 3.34. The molecular weight excluding hydrogens is 198 g/mol. The first-order valence-electron chi connectivity index (χ1n) is 6.43. The molecule has 2 atom stereocenters. The molecule has 0 aliphatic carbocycles. The van der Waals surface area contributed by atoms with Gasteiger partial charge in [0.25, 0.3) is 0 Å². The van der Waals surface area contributed by atoms with Crippen LogP contribution in [0.4, 0.5) is 0 Å². The molecule has 3 nitrogen and oxygen atoms in total. The molecule has 1 rings (SSSR count). The zero-order valence-electron chi connectivity index (χ0n) is 11.7. The number of nitrogens with zero attached hydrogens (tertiary/aromatic N) is 2. The van der Waals surface area contributed by atoms with Gasteiger partial charge in [-0.3, -0.25) is 0 Å². The highest BCUT2D eigenvalue weighted by atomic mass is 15.2. The highest BCUT2D eigenvalue weighted by molar-refractivity contribution is 4.92. The van der Waals surface area contributed by atoms with Crippen LogP contribution in [-0.4, -0.2) is 56.6 Å². The first-order chi connectivity index (χ1) is 7.38. The Morgan fingerprint density at radius 3 is 2.50 bits per heavy atom. The lowest BCUT2D eigenvalue weighted by molar-refractivity contribution is 0.0458. The topological polar surface area (TPSA) is 32.5 Å². The van der Waals surface area contributed by atoms with Crippen molar-refractivity contribution in [3.8, 4) is 0 Å². The van der Waals surface area contributed by atoms with E-state index < -0.39 is 0 Å². The summed E-state index contributed by atoms with van der Waals surface area (Å²) in [5, 5.41) is 0. The van der Waals surface area contributed by atoms with Gasteiger partial charge in [0.15, 0.2) is 0 Å². The minimum absolute atomic E-state index is 0.201. The van der Waals surface area contributed by atoms with E-state index in [1.54, 1.807) is 0 Å². The molecule has 1 fully saturated rings. The van der Waals surface area contributed by atoms with E-state index in [4.69, 9.17) is 5.73 Å². The van der Waals surface area contributed by atoms with Gasteiger partial charge in [0.05, 0.1) is 0 Å². The van der Waals surface area contributed by atoms with E-state index in [2.05, 4.69) is 44.8 Å². The van der Waals surface area contributed by atoms with Crippen LogP contribution >= 0.6 is 0 Å². The summed E-state index contributed by atoms with van der Waals surface area (Å²) in [5.74, 6) is 0.757. The highest BCUT2D eigenvalue weighted by Gasteiger charge is 2.37. The van der Waals surface area contributed by atoms with Gasteiger partial charge in [-0.05, 0) is 58.4 Å². The maximum Gasteiger partial charge on any atom is 0.0193 e. The number of hydrogen-bond donors (Lipinski definition) is 1. The van der Waals surface area contributed by atoms with Crippen LogP contribution in [0.25, 0.3) is 0 Å². The Labute approximate surface area is 101 Å². The fraction of sp³-hybridized carbons (Fsp3) is 1.00. The predicted molar refractivity (Wildman–Crippen MR) is 70.5 cm³/mol. The van der Waals surface area contributed by atoms with E-state index in [1.807, 2.05) is 0 Å². The molecule has 0 aromatic heterocycles. The Morgan fingerprint density at radius 1 is 1.44 bits per heavy atom. The standard InChI is InChI=1S/C13H29N3/c1-13(2,10-14)12(15(3)4)11-7-6-8-16(5)9-11/h11-12H,6-10,14H2,1-5H3. The van der Waals surface area contributed by atoms with Crippen molar-refractivity contribution in [2.45, 2.75) is 32.7 Å². The van der Waals surface area contributed by atoms with Gasteiger partial charge in [-0.25, -0.2) is 0 Å². The Kier molecular flexibility index (Phi) is 4.77. The molecule has 0 aromatic carbocycles. The molecule has 0 amide bonds. The van der Waals surface area contributed by atoms with Gasteiger partial charge in [-0.2, -0.15) is 0 Å². The average molecular weight is 227 g/mol. The van der Waals surface area contributed by atoms with Crippen LogP contribution in [-0.2, 0) is 0 Å². The number of piperidine rings is 1. The molecular formula is C13H29N3. The third-order valence-electron chi connectivity index (χ3n) is 3.99. The summed E-state index contributed by atoms with van der Waals surface area (Å²) in [7, 11) is 6.61. The lowest BCUT2D eigenvalue weighted by atomic mass is 9.74. The summed E-state index contributed by atoms with van der Waals surface area (Å²) < 4.78 is 0. The Hall–Kier alpha value is -0.120. The van der Waals surface area contributed by atoms with Crippen molar-refractivity contribution < 1.29 is 0 Å². The lowest BCUT2D eigenvalue weighted by Gasteiger charge is -2.46. The lowest BCUT2D eigenvalue weighted by Crippen LogP contribution is -2.53. The van der Waals surface area contributed by atoms with E-state index in [0.717, 1.165) is 12.5 Å². The van der Waals surface area contributed by atoms with Gasteiger partial charge in [0.1, 0.15) is 0 Å². The van der Waals surface area contributed by atoms with Crippen molar-refractivity contribution in [1.82, 2.24) is 9.80 Å².